The standard InChI is InChI=1S/C64H73BN2/c1-37-27-55-57-56(28-37)67(52-33-47-44(29-38(52)2)58(3,4)23-25-60(47,7)8)54-35-49-46(62(11,12)36-63(49,13)14)32-51(54)65(57)50-31-45-48(61(9,10)26-24-59(45,5)6)34-53(50)66(55)39-21-22-41-40-19-17-18-20-42(40)64(15,16)43(41)30-39/h17-22,27-35H,23-26,36H2,1-16H3/i1D3. The van der Waals surface area contributed by atoms with E-state index in [1.807, 2.05) is 0 Å². The lowest BCUT2D eigenvalue weighted by atomic mass is 9.32. The molecule has 0 bridgehead atoms. The van der Waals surface area contributed by atoms with Crippen LogP contribution in [-0.4, -0.2) is 6.71 Å². The number of hydrogen-bond acceptors (Lipinski definition) is 2. The van der Waals surface area contributed by atoms with Crippen molar-refractivity contribution >= 4 is 57.2 Å². The Morgan fingerprint density at radius 2 is 0.896 bits per heavy atom. The molecular formula is C64H73BN2. The minimum Gasteiger partial charge on any atom is -0.311 e. The number of benzene rings is 6. The van der Waals surface area contributed by atoms with Gasteiger partial charge in [-0.3, -0.25) is 0 Å². The lowest BCUT2D eigenvalue weighted by Crippen LogP contribution is -2.62. The summed E-state index contributed by atoms with van der Waals surface area (Å²) >= 11 is 0. The fourth-order valence-corrected chi connectivity index (χ4v) is 14.8. The van der Waals surface area contributed by atoms with Gasteiger partial charge in [0.05, 0.1) is 0 Å². The van der Waals surface area contributed by atoms with Gasteiger partial charge < -0.3 is 9.80 Å². The van der Waals surface area contributed by atoms with Crippen molar-refractivity contribution < 1.29 is 4.11 Å². The van der Waals surface area contributed by atoms with Gasteiger partial charge in [-0.1, -0.05) is 145 Å². The van der Waals surface area contributed by atoms with Crippen molar-refractivity contribution in [2.24, 2.45) is 0 Å². The third-order valence-corrected chi connectivity index (χ3v) is 18.8. The molecule has 0 atom stereocenters. The zero-order valence-electron chi connectivity index (χ0n) is 46.2. The molecule has 342 valence electrons. The van der Waals surface area contributed by atoms with E-state index >= 15 is 0 Å². The van der Waals surface area contributed by atoms with Crippen molar-refractivity contribution in [1.82, 2.24) is 0 Å². The van der Waals surface area contributed by atoms with Crippen LogP contribution in [-0.2, 0) is 37.9 Å². The molecule has 6 aromatic rings. The summed E-state index contributed by atoms with van der Waals surface area (Å²) < 4.78 is 27.8. The normalized spacial score (nSPS) is 22.4. The number of hydrogen-bond donors (Lipinski definition) is 0. The van der Waals surface area contributed by atoms with Crippen LogP contribution in [0.5, 0.6) is 0 Å². The quantitative estimate of drug-likeness (QED) is 0.160. The van der Waals surface area contributed by atoms with E-state index in [0.717, 1.165) is 60.5 Å². The summed E-state index contributed by atoms with van der Waals surface area (Å²) in [5, 5.41) is 0. The Balaban J connectivity index is 1.23. The molecule has 0 amide bonds. The molecule has 2 heterocycles. The molecule has 6 aromatic carbocycles. The molecule has 67 heavy (non-hydrogen) atoms. The van der Waals surface area contributed by atoms with E-state index in [4.69, 9.17) is 0 Å². The molecule has 0 spiro atoms. The SMILES string of the molecule is [2H]C([2H])([2H])c1cc2c3c(c1)N(c1cc4c(cc1C)C(C)(C)CCC4(C)C)c1cc4c(cc1B3c1cc3c(cc1N2c1ccc2c(c1)C(C)(C)c1ccccc1-2)C(C)(C)CCC3(C)C)C(C)(C)CC4(C)C. The number of nitrogens with zero attached hydrogens (tertiary/aromatic N) is 2. The summed E-state index contributed by atoms with van der Waals surface area (Å²) in [4.78, 5) is 5.03. The van der Waals surface area contributed by atoms with E-state index in [2.05, 4.69) is 205 Å². The van der Waals surface area contributed by atoms with Gasteiger partial charge in [-0.2, -0.15) is 0 Å². The number of fused-ring (bicyclic) bond motifs is 10. The summed E-state index contributed by atoms with van der Waals surface area (Å²) in [6, 6.07) is 35.4. The largest absolute Gasteiger partial charge is 0.311 e. The maximum atomic E-state index is 9.26. The average Bonchev–Trinajstić information content (AvgIpc) is 3.61. The topological polar surface area (TPSA) is 6.48 Å². The zero-order chi connectivity index (χ0) is 50.0. The van der Waals surface area contributed by atoms with Crippen LogP contribution in [0, 0.1) is 13.8 Å². The van der Waals surface area contributed by atoms with E-state index in [1.54, 1.807) is 0 Å². The second-order valence-electron chi connectivity index (χ2n) is 26.5. The van der Waals surface area contributed by atoms with Crippen molar-refractivity contribution in [3.63, 3.8) is 0 Å². The number of aryl methyl sites for hydroxylation is 2. The summed E-state index contributed by atoms with van der Waals surface area (Å²) in [7, 11) is 0. The second kappa shape index (κ2) is 13.2. The molecule has 12 rings (SSSR count). The second-order valence-corrected chi connectivity index (χ2v) is 26.5. The molecule has 2 aliphatic heterocycles. The van der Waals surface area contributed by atoms with Gasteiger partial charge in [0.2, 0.25) is 0 Å². The van der Waals surface area contributed by atoms with Crippen LogP contribution in [0.25, 0.3) is 11.1 Å². The van der Waals surface area contributed by atoms with Crippen LogP contribution in [0.15, 0.2) is 91.0 Å². The fourth-order valence-electron chi connectivity index (χ4n) is 14.8. The molecule has 0 radical (unpaired) electrons. The van der Waals surface area contributed by atoms with Crippen molar-refractivity contribution in [3.8, 4) is 11.1 Å². The van der Waals surface area contributed by atoms with Gasteiger partial charge in [0, 0.05) is 43.7 Å². The van der Waals surface area contributed by atoms with Gasteiger partial charge in [0.15, 0.2) is 0 Å². The Bertz CT molecular complexity index is 3300. The van der Waals surface area contributed by atoms with Crippen LogP contribution in [0.1, 0.15) is 189 Å². The summed E-state index contributed by atoms with van der Waals surface area (Å²) in [6.07, 6.45) is 5.54. The van der Waals surface area contributed by atoms with Crippen molar-refractivity contribution in [3.05, 3.63) is 147 Å². The molecule has 0 saturated carbocycles. The van der Waals surface area contributed by atoms with Crippen molar-refractivity contribution in [1.29, 1.82) is 0 Å². The molecular weight excluding hydrogens is 808 g/mol. The molecule has 3 heteroatoms. The average molecular weight is 884 g/mol. The van der Waals surface area contributed by atoms with Gasteiger partial charge >= 0.3 is 0 Å². The van der Waals surface area contributed by atoms with E-state index in [1.165, 1.54) is 83.3 Å². The van der Waals surface area contributed by atoms with Gasteiger partial charge in [-0.05, 0) is 204 Å². The predicted molar refractivity (Wildman–Crippen MR) is 289 cm³/mol. The Kier molecular flexibility index (Phi) is 7.86. The van der Waals surface area contributed by atoms with E-state index in [9.17, 15) is 4.11 Å². The van der Waals surface area contributed by atoms with Gasteiger partial charge in [-0.25, -0.2) is 0 Å². The van der Waals surface area contributed by atoms with E-state index < -0.39 is 6.85 Å². The monoisotopic (exact) mass is 884 g/mol. The smallest absolute Gasteiger partial charge is 0.252 e. The van der Waals surface area contributed by atoms with Gasteiger partial charge in [-0.15, -0.1) is 0 Å². The molecule has 2 nitrogen and oxygen atoms in total. The number of anilines is 6. The molecule has 0 N–H and O–H groups in total. The summed E-state index contributed by atoms with van der Waals surface area (Å²) in [5.41, 5.74) is 25.4. The first-order chi connectivity index (χ1) is 32.4. The Labute approximate surface area is 407 Å². The Morgan fingerprint density at radius 1 is 0.433 bits per heavy atom. The maximum Gasteiger partial charge on any atom is 0.252 e. The zero-order valence-corrected chi connectivity index (χ0v) is 43.2. The minimum atomic E-state index is -2.36. The number of rotatable bonds is 2. The van der Waals surface area contributed by atoms with Crippen LogP contribution in [0.3, 0.4) is 0 Å². The first-order valence-electron chi connectivity index (χ1n) is 27.0. The molecule has 0 fully saturated rings. The summed E-state index contributed by atoms with van der Waals surface area (Å²) in [6.45, 7) is 33.7. The molecule has 6 aliphatic rings. The van der Waals surface area contributed by atoms with Crippen molar-refractivity contribution in [2.75, 3.05) is 9.80 Å². The lowest BCUT2D eigenvalue weighted by molar-refractivity contribution is 0.332. The summed E-state index contributed by atoms with van der Waals surface area (Å²) in [5.74, 6) is 0. The first kappa shape index (κ1) is 39.9. The van der Waals surface area contributed by atoms with E-state index in [0.29, 0.717) is 5.56 Å². The van der Waals surface area contributed by atoms with E-state index in [-0.39, 0.29) is 44.6 Å². The van der Waals surface area contributed by atoms with Crippen LogP contribution in [0.4, 0.5) is 34.1 Å². The molecule has 0 aromatic heterocycles. The highest BCUT2D eigenvalue weighted by molar-refractivity contribution is 7.00. The first-order valence-corrected chi connectivity index (χ1v) is 25.5. The molecule has 0 saturated heterocycles. The van der Waals surface area contributed by atoms with Gasteiger partial charge in [0.25, 0.3) is 6.71 Å². The fraction of sp³-hybridized carbons (Fsp3) is 0.438. The lowest BCUT2D eigenvalue weighted by Gasteiger charge is -2.48. The maximum absolute atomic E-state index is 9.26. The van der Waals surface area contributed by atoms with Crippen molar-refractivity contribution in [2.45, 2.75) is 181 Å². The third kappa shape index (κ3) is 5.82. The molecule has 4 aliphatic carbocycles. The van der Waals surface area contributed by atoms with Crippen LogP contribution in [0.2, 0.25) is 0 Å². The van der Waals surface area contributed by atoms with Crippen LogP contribution >= 0.6 is 0 Å². The van der Waals surface area contributed by atoms with Gasteiger partial charge in [0.1, 0.15) is 0 Å². The van der Waals surface area contributed by atoms with Crippen LogP contribution < -0.4 is 26.2 Å². The highest BCUT2D eigenvalue weighted by atomic mass is 15.2. The highest BCUT2D eigenvalue weighted by Crippen LogP contribution is 2.57. The predicted octanol–water partition coefficient (Wildman–Crippen LogP) is 15.3. The Morgan fingerprint density at radius 3 is 1.48 bits per heavy atom. The molecule has 0 unspecified atom stereocenters. The Hall–Kier alpha value is -5.02. The third-order valence-electron chi connectivity index (χ3n) is 18.8. The highest BCUT2D eigenvalue weighted by Gasteiger charge is 2.50. The minimum absolute atomic E-state index is 0.0172.